The number of allylic oxidation sites excluding steroid dienone is 1. The fourth-order valence-corrected chi connectivity index (χ4v) is 4.91. The molecule has 0 saturated carbocycles. The van der Waals surface area contributed by atoms with Crippen molar-refractivity contribution in [1.29, 1.82) is 0 Å². The Labute approximate surface area is 207 Å². The van der Waals surface area contributed by atoms with Crippen LogP contribution >= 0.6 is 11.8 Å². The van der Waals surface area contributed by atoms with Crippen LogP contribution in [0, 0.1) is 12.7 Å². The van der Waals surface area contributed by atoms with Gasteiger partial charge in [-0.2, -0.15) is 4.98 Å². The zero-order valence-corrected chi connectivity index (χ0v) is 20.1. The van der Waals surface area contributed by atoms with E-state index >= 15 is 4.39 Å². The first-order chi connectivity index (χ1) is 17.0. The molecule has 5 rings (SSSR count). The van der Waals surface area contributed by atoms with E-state index in [4.69, 9.17) is 0 Å². The van der Waals surface area contributed by atoms with Gasteiger partial charge in [0.05, 0.1) is 5.57 Å². The van der Waals surface area contributed by atoms with Crippen molar-refractivity contribution in [3.8, 4) is 0 Å². The van der Waals surface area contributed by atoms with E-state index < -0.39 is 11.9 Å². The molecule has 4 aromatic rings. The molecule has 0 saturated heterocycles. The molecule has 6 nitrogen and oxygen atoms in total. The quantitative estimate of drug-likeness (QED) is 0.331. The molecule has 1 atom stereocenters. The first-order valence-electron chi connectivity index (χ1n) is 11.2. The summed E-state index contributed by atoms with van der Waals surface area (Å²) >= 11 is 1.49. The number of amides is 1. The molecule has 8 heteroatoms. The number of fused-ring (bicyclic) bond motifs is 1. The second-order valence-corrected chi connectivity index (χ2v) is 9.29. The number of para-hydroxylation sites is 1. The number of halogens is 1. The maximum atomic E-state index is 15.0. The van der Waals surface area contributed by atoms with E-state index in [0.717, 1.165) is 0 Å². The molecule has 1 aliphatic heterocycles. The molecule has 2 heterocycles. The lowest BCUT2D eigenvalue weighted by atomic mass is 9.94. The molecule has 0 bridgehead atoms. The minimum absolute atomic E-state index is 0.329. The first kappa shape index (κ1) is 22.9. The van der Waals surface area contributed by atoms with Gasteiger partial charge in [-0.1, -0.05) is 78.0 Å². The van der Waals surface area contributed by atoms with Crippen LogP contribution in [0.5, 0.6) is 0 Å². The average Bonchev–Trinajstić information content (AvgIpc) is 3.25. The van der Waals surface area contributed by atoms with Crippen LogP contribution in [0.4, 0.5) is 16.0 Å². The molecule has 1 amide bonds. The summed E-state index contributed by atoms with van der Waals surface area (Å²) in [5.41, 5.74) is 4.35. The summed E-state index contributed by atoms with van der Waals surface area (Å²) < 4.78 is 16.6. The van der Waals surface area contributed by atoms with Gasteiger partial charge in [-0.3, -0.25) is 4.79 Å². The van der Waals surface area contributed by atoms with Gasteiger partial charge < -0.3 is 10.6 Å². The van der Waals surface area contributed by atoms with E-state index in [2.05, 4.69) is 45.8 Å². The number of thioether (sulfide) groups is 1. The topological polar surface area (TPSA) is 71.8 Å². The van der Waals surface area contributed by atoms with Crippen molar-refractivity contribution >= 4 is 29.3 Å². The van der Waals surface area contributed by atoms with Crippen LogP contribution in [0.25, 0.3) is 0 Å². The van der Waals surface area contributed by atoms with Gasteiger partial charge in [-0.05, 0) is 37.6 Å². The second-order valence-electron chi connectivity index (χ2n) is 8.35. The summed E-state index contributed by atoms with van der Waals surface area (Å²) in [6.07, 6.45) is 0. The Morgan fingerprint density at radius 3 is 2.60 bits per heavy atom. The number of rotatable bonds is 6. The molecule has 0 fully saturated rings. The Balaban J connectivity index is 1.50. The highest BCUT2D eigenvalue weighted by Crippen LogP contribution is 2.38. The van der Waals surface area contributed by atoms with Crippen molar-refractivity contribution in [2.24, 2.45) is 0 Å². The van der Waals surface area contributed by atoms with Crippen LogP contribution in [0.15, 0.2) is 95.3 Å². The summed E-state index contributed by atoms with van der Waals surface area (Å²) in [6.45, 7) is 3.85. The van der Waals surface area contributed by atoms with E-state index in [9.17, 15) is 4.79 Å². The van der Waals surface area contributed by atoms with E-state index in [-0.39, 0.29) is 5.91 Å². The lowest BCUT2D eigenvalue weighted by molar-refractivity contribution is -0.113. The third-order valence-corrected chi connectivity index (χ3v) is 6.67. The molecule has 0 radical (unpaired) electrons. The highest BCUT2D eigenvalue weighted by molar-refractivity contribution is 7.98. The predicted molar refractivity (Wildman–Crippen MR) is 137 cm³/mol. The van der Waals surface area contributed by atoms with Gasteiger partial charge >= 0.3 is 0 Å². The summed E-state index contributed by atoms with van der Waals surface area (Å²) in [4.78, 5) is 18.1. The average molecular weight is 486 g/mol. The fourth-order valence-electron chi connectivity index (χ4n) is 4.14. The van der Waals surface area contributed by atoms with Gasteiger partial charge in [0.1, 0.15) is 11.9 Å². The van der Waals surface area contributed by atoms with Gasteiger partial charge in [0.15, 0.2) is 0 Å². The fraction of sp³-hybridized carbons (Fsp3) is 0.148. The van der Waals surface area contributed by atoms with Crippen LogP contribution < -0.4 is 10.6 Å². The van der Waals surface area contributed by atoms with Gasteiger partial charge in [0, 0.05) is 22.7 Å². The molecule has 1 aromatic heterocycles. The Bertz CT molecular complexity index is 1420. The lowest BCUT2D eigenvalue weighted by Crippen LogP contribution is -2.32. The third-order valence-electron chi connectivity index (χ3n) is 5.76. The van der Waals surface area contributed by atoms with Gasteiger partial charge in [0.25, 0.3) is 5.91 Å². The van der Waals surface area contributed by atoms with Gasteiger partial charge in [-0.25, -0.2) is 9.07 Å². The summed E-state index contributed by atoms with van der Waals surface area (Å²) in [6, 6.07) is 23.1. The third kappa shape index (κ3) is 4.83. The Kier molecular flexibility index (Phi) is 6.37. The van der Waals surface area contributed by atoms with Crippen molar-refractivity contribution in [1.82, 2.24) is 14.8 Å². The largest absolute Gasteiger partial charge is 0.328 e. The second kappa shape index (κ2) is 9.76. The van der Waals surface area contributed by atoms with E-state index in [0.29, 0.717) is 39.4 Å². The minimum atomic E-state index is -0.767. The molecule has 0 spiro atoms. The van der Waals surface area contributed by atoms with Crippen molar-refractivity contribution < 1.29 is 9.18 Å². The molecule has 1 unspecified atom stereocenters. The molecule has 2 N–H and O–H groups in total. The van der Waals surface area contributed by atoms with Crippen LogP contribution in [0.1, 0.15) is 29.7 Å². The smallest absolute Gasteiger partial charge is 0.255 e. The Hall–Kier alpha value is -3.91. The van der Waals surface area contributed by atoms with Crippen molar-refractivity contribution in [3.05, 3.63) is 113 Å². The van der Waals surface area contributed by atoms with E-state index in [1.165, 1.54) is 29.0 Å². The van der Waals surface area contributed by atoms with Crippen LogP contribution in [-0.2, 0) is 10.5 Å². The van der Waals surface area contributed by atoms with E-state index in [1.807, 2.05) is 36.4 Å². The van der Waals surface area contributed by atoms with E-state index in [1.54, 1.807) is 29.8 Å². The number of aryl methyl sites for hydroxylation is 1. The molecular formula is C27H24FN5OS. The van der Waals surface area contributed by atoms with Crippen LogP contribution in [-0.4, -0.2) is 20.7 Å². The molecule has 176 valence electrons. The number of carbonyl (C=O) groups is 1. The first-order valence-corrected chi connectivity index (χ1v) is 12.2. The number of carbonyl (C=O) groups excluding carboxylic acids is 1. The minimum Gasteiger partial charge on any atom is -0.328 e. The highest BCUT2D eigenvalue weighted by Gasteiger charge is 2.35. The zero-order chi connectivity index (χ0) is 24.4. The maximum absolute atomic E-state index is 15.0. The number of benzene rings is 3. The lowest BCUT2D eigenvalue weighted by Gasteiger charge is -2.28. The number of hydrogen-bond donors (Lipinski definition) is 2. The normalized spacial score (nSPS) is 14.9. The molecule has 35 heavy (non-hydrogen) atoms. The Morgan fingerprint density at radius 1 is 1.06 bits per heavy atom. The number of nitrogens with one attached hydrogen (secondary N) is 2. The molecule has 0 aliphatic carbocycles. The van der Waals surface area contributed by atoms with Gasteiger partial charge in [-0.15, -0.1) is 5.10 Å². The van der Waals surface area contributed by atoms with Crippen molar-refractivity contribution in [3.63, 3.8) is 0 Å². The zero-order valence-electron chi connectivity index (χ0n) is 19.3. The maximum Gasteiger partial charge on any atom is 0.255 e. The summed E-state index contributed by atoms with van der Waals surface area (Å²) in [5, 5.41) is 11.4. The standard InChI is InChI=1S/C27H24FN5OS/c1-17-9-8-10-19(15-17)16-35-27-31-26-29-18(2)23(25(34)30-20-11-4-3-5-12-20)24(33(26)32-27)21-13-6-7-14-22(21)28/h3-15,24H,16H2,1-2H3,(H,30,34)(H,29,31,32). The van der Waals surface area contributed by atoms with Crippen LogP contribution in [0.2, 0.25) is 0 Å². The molecule has 1 aliphatic rings. The monoisotopic (exact) mass is 485 g/mol. The highest BCUT2D eigenvalue weighted by atomic mass is 32.2. The number of hydrogen-bond acceptors (Lipinski definition) is 5. The van der Waals surface area contributed by atoms with Crippen LogP contribution in [0.3, 0.4) is 0 Å². The number of aromatic nitrogens is 3. The van der Waals surface area contributed by atoms with Crippen molar-refractivity contribution in [2.45, 2.75) is 30.8 Å². The summed E-state index contributed by atoms with van der Waals surface area (Å²) in [5.74, 6) is 0.430. The molecular weight excluding hydrogens is 461 g/mol. The van der Waals surface area contributed by atoms with Gasteiger partial charge in [0.2, 0.25) is 11.1 Å². The Morgan fingerprint density at radius 2 is 1.83 bits per heavy atom. The SMILES string of the molecule is CC1=C(C(=O)Nc2ccccc2)C(c2ccccc2F)n2nc(SCc3cccc(C)c3)nc2N1. The predicted octanol–water partition coefficient (Wildman–Crippen LogP) is 5.95. The summed E-state index contributed by atoms with van der Waals surface area (Å²) in [7, 11) is 0. The van der Waals surface area contributed by atoms with Crippen molar-refractivity contribution in [2.75, 3.05) is 10.6 Å². The molecule has 3 aromatic carbocycles. The number of anilines is 2. The number of nitrogens with zero attached hydrogens (tertiary/aromatic N) is 3.